The van der Waals surface area contributed by atoms with E-state index >= 15 is 0 Å². The number of hydrogen-bond donors (Lipinski definition) is 1. The van der Waals surface area contributed by atoms with Gasteiger partial charge in [0.25, 0.3) is 0 Å². The number of hydrogen-bond acceptors (Lipinski definition) is 4. The molecule has 0 atom stereocenters. The van der Waals surface area contributed by atoms with Crippen molar-refractivity contribution in [3.8, 4) is 22.8 Å². The minimum atomic E-state index is -1.05. The van der Waals surface area contributed by atoms with Crippen molar-refractivity contribution in [1.29, 1.82) is 0 Å². The predicted molar refractivity (Wildman–Crippen MR) is 92.7 cm³/mol. The first-order chi connectivity index (χ1) is 11.5. The molecule has 1 aromatic carbocycles. The largest absolute Gasteiger partial charge is 0.493 e. The Morgan fingerprint density at radius 2 is 2.04 bits per heavy atom. The lowest BCUT2D eigenvalue weighted by Crippen LogP contribution is -2.12. The zero-order valence-corrected chi connectivity index (χ0v) is 15.2. The van der Waals surface area contributed by atoms with E-state index in [1.54, 1.807) is 24.9 Å². The molecule has 0 unspecified atom stereocenters. The van der Waals surface area contributed by atoms with Crippen LogP contribution in [0.2, 0.25) is 0 Å². The van der Waals surface area contributed by atoms with E-state index in [-0.39, 0.29) is 11.8 Å². The molecule has 1 aromatic heterocycles. The van der Waals surface area contributed by atoms with Gasteiger partial charge in [0.15, 0.2) is 17.2 Å². The minimum absolute atomic E-state index is 0.00821. The monoisotopic (exact) mass is 394 g/mol. The van der Waals surface area contributed by atoms with Gasteiger partial charge in [-0.3, -0.25) is 4.68 Å². The summed E-state index contributed by atoms with van der Waals surface area (Å²) >= 11 is 3.55. The molecule has 6 nitrogen and oxygen atoms in total. The van der Waals surface area contributed by atoms with Crippen LogP contribution in [0.25, 0.3) is 11.3 Å². The van der Waals surface area contributed by atoms with E-state index < -0.39 is 5.97 Å². The summed E-state index contributed by atoms with van der Waals surface area (Å²) in [6, 6.07) is 5.29. The summed E-state index contributed by atoms with van der Waals surface area (Å²) in [6.45, 7) is 0. The van der Waals surface area contributed by atoms with Crippen molar-refractivity contribution in [2.45, 2.75) is 31.8 Å². The van der Waals surface area contributed by atoms with Crippen molar-refractivity contribution in [3.05, 3.63) is 28.4 Å². The molecule has 1 aliphatic rings. The maximum Gasteiger partial charge on any atom is 0.356 e. The number of carbonyl (C=O) groups is 1. The Labute approximate surface area is 148 Å². The predicted octanol–water partition coefficient (Wildman–Crippen LogP) is 3.88. The molecule has 1 aliphatic carbocycles. The molecule has 0 spiro atoms. The van der Waals surface area contributed by atoms with E-state index in [1.165, 1.54) is 12.8 Å². The molecule has 0 bridgehead atoms. The fourth-order valence-electron chi connectivity index (χ4n) is 3.00. The smallest absolute Gasteiger partial charge is 0.356 e. The summed E-state index contributed by atoms with van der Waals surface area (Å²) in [5.74, 6) is 0.252. The first kappa shape index (κ1) is 16.8. The number of ether oxygens (including phenoxy) is 2. The van der Waals surface area contributed by atoms with Gasteiger partial charge < -0.3 is 14.6 Å². The van der Waals surface area contributed by atoms with Gasteiger partial charge >= 0.3 is 5.97 Å². The van der Waals surface area contributed by atoms with Crippen LogP contribution in [-0.2, 0) is 7.05 Å². The Hall–Kier alpha value is -2.02. The number of aromatic nitrogens is 2. The molecule has 1 saturated carbocycles. The number of aromatic carboxylic acids is 1. The lowest BCUT2D eigenvalue weighted by molar-refractivity contribution is 0.0689. The molecule has 1 heterocycles. The number of carboxylic acids is 1. The fourth-order valence-corrected chi connectivity index (χ4v) is 3.53. The van der Waals surface area contributed by atoms with E-state index in [2.05, 4.69) is 21.0 Å². The van der Waals surface area contributed by atoms with Crippen LogP contribution in [-0.4, -0.2) is 34.1 Å². The van der Waals surface area contributed by atoms with E-state index in [1.807, 2.05) is 12.1 Å². The first-order valence-corrected chi connectivity index (χ1v) is 8.60. The number of methoxy groups -OCH3 is 1. The van der Waals surface area contributed by atoms with Gasteiger partial charge in [0, 0.05) is 12.6 Å². The molecule has 2 aromatic rings. The number of halogens is 1. The lowest BCUT2D eigenvalue weighted by Gasteiger charge is -2.18. The van der Waals surface area contributed by atoms with Crippen molar-refractivity contribution in [2.75, 3.05) is 7.11 Å². The maximum atomic E-state index is 11.1. The van der Waals surface area contributed by atoms with Crippen LogP contribution in [0.5, 0.6) is 11.5 Å². The Morgan fingerprint density at radius 1 is 1.33 bits per heavy atom. The van der Waals surface area contributed by atoms with E-state index in [9.17, 15) is 4.79 Å². The molecule has 0 aliphatic heterocycles. The summed E-state index contributed by atoms with van der Waals surface area (Å²) in [5, 5.41) is 13.1. The first-order valence-electron chi connectivity index (χ1n) is 7.81. The van der Waals surface area contributed by atoms with Crippen molar-refractivity contribution >= 4 is 21.9 Å². The molecule has 7 heteroatoms. The van der Waals surface area contributed by atoms with Crippen LogP contribution < -0.4 is 9.47 Å². The molecule has 0 radical (unpaired) electrons. The summed E-state index contributed by atoms with van der Waals surface area (Å²) in [5.41, 5.74) is 1.51. The Morgan fingerprint density at radius 3 is 2.62 bits per heavy atom. The molecule has 128 valence electrons. The van der Waals surface area contributed by atoms with Gasteiger partial charge in [-0.05, 0) is 59.8 Å². The van der Waals surface area contributed by atoms with Crippen LogP contribution in [0.3, 0.4) is 0 Å². The third-order valence-corrected chi connectivity index (χ3v) is 4.80. The quantitative estimate of drug-likeness (QED) is 0.832. The Bertz CT molecular complexity index is 766. The number of carboxylic acid groups (broad SMARTS) is 1. The number of aryl methyl sites for hydroxylation is 1. The topological polar surface area (TPSA) is 73.6 Å². The molecule has 0 amide bonds. The fraction of sp³-hybridized carbons (Fsp3) is 0.412. The van der Waals surface area contributed by atoms with Crippen LogP contribution >= 0.6 is 15.9 Å². The van der Waals surface area contributed by atoms with Gasteiger partial charge in [0.1, 0.15) is 0 Å². The zero-order valence-electron chi connectivity index (χ0n) is 13.6. The second-order valence-electron chi connectivity index (χ2n) is 5.86. The van der Waals surface area contributed by atoms with E-state index in [0.29, 0.717) is 17.2 Å². The SMILES string of the molecule is COc1cc(-c2cc(C(=O)O)nn2C)cc(Br)c1OC1CCCC1. The van der Waals surface area contributed by atoms with Gasteiger partial charge in [-0.25, -0.2) is 4.79 Å². The second-order valence-corrected chi connectivity index (χ2v) is 6.71. The molecular formula is C17H19BrN2O4. The highest BCUT2D eigenvalue weighted by Gasteiger charge is 2.22. The standard InChI is InChI=1S/C17H19BrN2O4/c1-20-14(9-13(19-20)17(21)22)10-7-12(18)16(15(8-10)23-2)24-11-5-3-4-6-11/h7-9,11H,3-6H2,1-2H3,(H,21,22). The van der Waals surface area contributed by atoms with Crippen LogP contribution in [0, 0.1) is 0 Å². The van der Waals surface area contributed by atoms with Gasteiger partial charge in [0.05, 0.1) is 23.4 Å². The number of nitrogens with zero attached hydrogens (tertiary/aromatic N) is 2. The summed E-state index contributed by atoms with van der Waals surface area (Å²) in [7, 11) is 3.31. The van der Waals surface area contributed by atoms with Crippen molar-refractivity contribution in [1.82, 2.24) is 9.78 Å². The molecular weight excluding hydrogens is 376 g/mol. The zero-order chi connectivity index (χ0) is 17.3. The third-order valence-electron chi connectivity index (χ3n) is 4.21. The molecule has 1 N–H and O–H groups in total. The van der Waals surface area contributed by atoms with Crippen molar-refractivity contribution in [3.63, 3.8) is 0 Å². The van der Waals surface area contributed by atoms with Crippen LogP contribution in [0.1, 0.15) is 36.2 Å². The minimum Gasteiger partial charge on any atom is -0.493 e. The molecule has 3 rings (SSSR count). The highest BCUT2D eigenvalue weighted by Crippen LogP contribution is 2.41. The van der Waals surface area contributed by atoms with Crippen LogP contribution in [0.15, 0.2) is 22.7 Å². The molecule has 1 fully saturated rings. The number of benzene rings is 1. The third kappa shape index (κ3) is 3.26. The summed E-state index contributed by atoms with van der Waals surface area (Å²) in [6.07, 6.45) is 4.71. The van der Waals surface area contributed by atoms with Gasteiger partial charge in [-0.2, -0.15) is 5.10 Å². The van der Waals surface area contributed by atoms with E-state index in [4.69, 9.17) is 14.6 Å². The van der Waals surface area contributed by atoms with Crippen molar-refractivity contribution < 1.29 is 19.4 Å². The van der Waals surface area contributed by atoms with Gasteiger partial charge in [-0.1, -0.05) is 0 Å². The maximum absolute atomic E-state index is 11.1. The van der Waals surface area contributed by atoms with Crippen LogP contribution in [0.4, 0.5) is 0 Å². The number of rotatable bonds is 5. The summed E-state index contributed by atoms with van der Waals surface area (Å²) in [4.78, 5) is 11.1. The Balaban J connectivity index is 1.98. The average Bonchev–Trinajstić information content (AvgIpc) is 3.18. The molecule has 24 heavy (non-hydrogen) atoms. The highest BCUT2D eigenvalue weighted by molar-refractivity contribution is 9.10. The normalized spacial score (nSPS) is 14.8. The Kier molecular flexibility index (Phi) is 4.80. The summed E-state index contributed by atoms with van der Waals surface area (Å²) < 4.78 is 13.9. The average molecular weight is 395 g/mol. The van der Waals surface area contributed by atoms with Gasteiger partial charge in [-0.15, -0.1) is 0 Å². The highest BCUT2D eigenvalue weighted by atomic mass is 79.9. The van der Waals surface area contributed by atoms with Crippen molar-refractivity contribution in [2.24, 2.45) is 7.05 Å². The second kappa shape index (κ2) is 6.84. The van der Waals surface area contributed by atoms with E-state index in [0.717, 1.165) is 22.9 Å². The lowest BCUT2D eigenvalue weighted by atomic mass is 10.1. The molecule has 0 saturated heterocycles. The van der Waals surface area contributed by atoms with Gasteiger partial charge in [0.2, 0.25) is 0 Å².